The summed E-state index contributed by atoms with van der Waals surface area (Å²) in [6, 6.07) is 1.78. The summed E-state index contributed by atoms with van der Waals surface area (Å²) in [5.74, 6) is 0. The zero-order valence-corrected chi connectivity index (χ0v) is 7.41. The van der Waals surface area contributed by atoms with Gasteiger partial charge in [0.25, 0.3) is 0 Å². The van der Waals surface area contributed by atoms with Crippen molar-refractivity contribution in [2.45, 2.75) is 0 Å². The summed E-state index contributed by atoms with van der Waals surface area (Å²) >= 11 is 0. The average molecular weight is 208 g/mol. The van der Waals surface area contributed by atoms with Crippen LogP contribution in [-0.2, 0) is 9.09 Å². The average Bonchev–Trinajstić information content (AvgIpc) is 2.06. The van der Waals surface area contributed by atoms with E-state index in [9.17, 15) is 4.57 Å². The summed E-state index contributed by atoms with van der Waals surface area (Å²) in [6.45, 7) is -0.954. The van der Waals surface area contributed by atoms with Crippen molar-refractivity contribution in [1.29, 1.82) is 0 Å². The quantitative estimate of drug-likeness (QED) is 0.444. The molecule has 7 nitrogen and oxygen atoms in total. The van der Waals surface area contributed by atoms with E-state index in [4.69, 9.17) is 14.9 Å². The molecule has 1 rings (SSSR count). The van der Waals surface area contributed by atoms with E-state index in [1.54, 1.807) is 18.5 Å². The van der Waals surface area contributed by atoms with Gasteiger partial charge >= 0.3 is 7.82 Å². The molecule has 0 saturated heterocycles. The van der Waals surface area contributed by atoms with Crippen LogP contribution in [0.15, 0.2) is 24.8 Å². The molecule has 8 heteroatoms. The Morgan fingerprint density at radius 1 is 1.31 bits per heavy atom. The predicted octanol–water partition coefficient (Wildman–Crippen LogP) is -0.478. The van der Waals surface area contributed by atoms with Crippen molar-refractivity contribution in [2.24, 2.45) is 0 Å². The lowest BCUT2D eigenvalue weighted by Gasteiger charge is -1.97. The highest BCUT2D eigenvalue weighted by Crippen LogP contribution is 2.34. The number of aliphatic hydroxyl groups is 1. The van der Waals surface area contributed by atoms with Gasteiger partial charge in [-0.3, -0.25) is 4.52 Å². The Kier molecular flexibility index (Phi) is 6.21. The van der Waals surface area contributed by atoms with Crippen LogP contribution in [0, 0.1) is 0 Å². The van der Waals surface area contributed by atoms with Gasteiger partial charge in [0.05, 0.1) is 0 Å². The van der Waals surface area contributed by atoms with Crippen LogP contribution in [-0.4, -0.2) is 31.7 Å². The molecular weight excluding hydrogens is 199 g/mol. The Bertz CT molecular complexity index is 224. The fraction of sp³-hybridized carbons (Fsp3) is 0.200. The third-order valence-electron chi connectivity index (χ3n) is 0.704. The summed E-state index contributed by atoms with van der Waals surface area (Å²) in [5, 5.41) is 7.69. The summed E-state index contributed by atoms with van der Waals surface area (Å²) in [7, 11) is -4.42. The van der Waals surface area contributed by atoms with E-state index in [2.05, 4.69) is 14.5 Å². The molecule has 1 aromatic heterocycles. The lowest BCUT2D eigenvalue weighted by atomic mass is 10.7. The molecule has 0 aliphatic rings. The first-order valence-electron chi connectivity index (χ1n) is 3.07. The van der Waals surface area contributed by atoms with Crippen LogP contribution in [0.1, 0.15) is 0 Å². The number of rotatable bonds is 2. The lowest BCUT2D eigenvalue weighted by molar-refractivity contribution is 0.0659. The van der Waals surface area contributed by atoms with Gasteiger partial charge in [-0.15, -0.1) is 0 Å². The van der Waals surface area contributed by atoms with E-state index in [0.717, 1.165) is 0 Å². The molecule has 1 heterocycles. The van der Waals surface area contributed by atoms with Crippen molar-refractivity contribution in [3.63, 3.8) is 0 Å². The standard InChI is InChI=1S/C4H4N2.CH5O5P/c1-2-5-4-6-3-1;2-1-6-7(3,4)5/h1-4H;2H,1H2,(H2,3,4,5). The van der Waals surface area contributed by atoms with Crippen molar-refractivity contribution in [3.05, 3.63) is 24.8 Å². The predicted molar refractivity (Wildman–Crippen MR) is 42.2 cm³/mol. The number of phosphoric acid groups is 1. The molecule has 0 aliphatic heterocycles. The smallest absolute Gasteiger partial charge is 0.370 e. The fourth-order valence-corrected chi connectivity index (χ4v) is 0.479. The maximum atomic E-state index is 9.54. The lowest BCUT2D eigenvalue weighted by Crippen LogP contribution is -1.87. The Morgan fingerprint density at radius 2 is 1.85 bits per heavy atom. The van der Waals surface area contributed by atoms with E-state index in [-0.39, 0.29) is 0 Å². The van der Waals surface area contributed by atoms with Crippen molar-refractivity contribution >= 4 is 7.82 Å². The minimum Gasteiger partial charge on any atom is -0.370 e. The van der Waals surface area contributed by atoms with Crippen molar-refractivity contribution in [3.8, 4) is 0 Å². The fourth-order valence-electron chi connectivity index (χ4n) is 0.329. The molecule has 0 aromatic carbocycles. The molecule has 0 aliphatic carbocycles. The van der Waals surface area contributed by atoms with E-state index < -0.39 is 14.6 Å². The van der Waals surface area contributed by atoms with Gasteiger partial charge in [0.2, 0.25) is 0 Å². The molecule has 0 unspecified atom stereocenters. The summed E-state index contributed by atoms with van der Waals surface area (Å²) < 4.78 is 13.0. The van der Waals surface area contributed by atoms with Crippen LogP contribution in [0.3, 0.4) is 0 Å². The van der Waals surface area contributed by atoms with Gasteiger partial charge in [-0.25, -0.2) is 14.5 Å². The summed E-state index contributed by atoms with van der Waals surface area (Å²) in [5.41, 5.74) is 0. The molecule has 74 valence electrons. The Hall–Kier alpha value is -0.850. The number of aliphatic hydroxyl groups excluding tert-OH is 1. The topological polar surface area (TPSA) is 113 Å². The monoisotopic (exact) mass is 208 g/mol. The molecule has 1 aromatic rings. The summed E-state index contributed by atoms with van der Waals surface area (Å²) in [6.07, 6.45) is 4.88. The first-order chi connectivity index (χ1) is 6.06. The van der Waals surface area contributed by atoms with Crippen molar-refractivity contribution in [1.82, 2.24) is 9.97 Å². The second kappa shape index (κ2) is 6.64. The highest BCUT2D eigenvalue weighted by Gasteiger charge is 2.10. The van der Waals surface area contributed by atoms with Crippen LogP contribution < -0.4 is 0 Å². The summed E-state index contributed by atoms with van der Waals surface area (Å²) in [4.78, 5) is 22.8. The molecule has 0 atom stereocenters. The normalized spacial score (nSPS) is 10.1. The van der Waals surface area contributed by atoms with Gasteiger partial charge in [0.15, 0.2) is 6.79 Å². The maximum Gasteiger partial charge on any atom is 0.471 e. The molecular formula is C5H9N2O5P. The SMILES string of the molecule is O=P(O)(O)OCO.c1cncnc1. The second-order valence-electron chi connectivity index (χ2n) is 1.65. The number of hydrogen-bond acceptors (Lipinski definition) is 5. The van der Waals surface area contributed by atoms with Crippen LogP contribution >= 0.6 is 7.82 Å². The molecule has 0 radical (unpaired) electrons. The van der Waals surface area contributed by atoms with Gasteiger partial charge in [0, 0.05) is 12.4 Å². The third-order valence-corrected chi connectivity index (χ3v) is 1.16. The molecule has 0 amide bonds. The van der Waals surface area contributed by atoms with Crippen LogP contribution in [0.4, 0.5) is 0 Å². The molecule has 0 spiro atoms. The highest BCUT2D eigenvalue weighted by molar-refractivity contribution is 7.46. The number of nitrogens with zero attached hydrogens (tertiary/aromatic N) is 2. The molecule has 13 heavy (non-hydrogen) atoms. The van der Waals surface area contributed by atoms with Crippen molar-refractivity contribution in [2.75, 3.05) is 6.79 Å². The van der Waals surface area contributed by atoms with Gasteiger partial charge in [-0.2, -0.15) is 0 Å². The van der Waals surface area contributed by atoms with E-state index in [1.807, 2.05) is 0 Å². The maximum absolute atomic E-state index is 9.54. The largest absolute Gasteiger partial charge is 0.471 e. The Balaban J connectivity index is 0.000000223. The first kappa shape index (κ1) is 12.2. The minimum atomic E-state index is -4.42. The van der Waals surface area contributed by atoms with E-state index in [0.29, 0.717) is 0 Å². The van der Waals surface area contributed by atoms with Crippen LogP contribution in [0.5, 0.6) is 0 Å². The highest BCUT2D eigenvalue weighted by atomic mass is 31.2. The zero-order valence-electron chi connectivity index (χ0n) is 6.52. The van der Waals surface area contributed by atoms with E-state index >= 15 is 0 Å². The number of phosphoric ester groups is 1. The second-order valence-corrected chi connectivity index (χ2v) is 2.89. The minimum absolute atomic E-state index is 0.954. The van der Waals surface area contributed by atoms with Gasteiger partial charge in [-0.05, 0) is 6.07 Å². The molecule has 0 bridgehead atoms. The third kappa shape index (κ3) is 11.1. The molecule has 0 fully saturated rings. The molecule has 3 N–H and O–H groups in total. The van der Waals surface area contributed by atoms with E-state index in [1.165, 1.54) is 6.33 Å². The van der Waals surface area contributed by atoms with Crippen molar-refractivity contribution < 1.29 is 24.0 Å². The van der Waals surface area contributed by atoms with Gasteiger partial charge in [0.1, 0.15) is 6.33 Å². The number of aromatic nitrogens is 2. The molecule has 0 saturated carbocycles. The first-order valence-corrected chi connectivity index (χ1v) is 4.60. The zero-order chi connectivity index (χ0) is 10.2. The van der Waals surface area contributed by atoms with Crippen LogP contribution in [0.25, 0.3) is 0 Å². The Labute approximate surface area is 74.3 Å². The van der Waals surface area contributed by atoms with Gasteiger partial charge in [-0.1, -0.05) is 0 Å². The Morgan fingerprint density at radius 3 is 1.92 bits per heavy atom. The van der Waals surface area contributed by atoms with Crippen LogP contribution in [0.2, 0.25) is 0 Å². The van der Waals surface area contributed by atoms with Gasteiger partial charge < -0.3 is 14.9 Å². The number of hydrogen-bond donors (Lipinski definition) is 3.